The Bertz CT molecular complexity index is 598. The molecule has 0 unspecified atom stereocenters. The lowest BCUT2D eigenvalue weighted by Crippen LogP contribution is -2.24. The molecule has 0 aliphatic heterocycles. The monoisotopic (exact) mass is 284 g/mol. The lowest BCUT2D eigenvalue weighted by molar-refractivity contribution is 0.0951. The Balaban J connectivity index is 2.07. The summed E-state index contributed by atoms with van der Waals surface area (Å²) in [5, 5.41) is 6.18. The van der Waals surface area contributed by atoms with E-state index >= 15 is 0 Å². The van der Waals surface area contributed by atoms with Crippen molar-refractivity contribution in [3.05, 3.63) is 53.6 Å². The molecule has 0 aliphatic rings. The highest BCUT2D eigenvalue weighted by molar-refractivity contribution is 5.99. The number of pyridine rings is 2. The van der Waals surface area contributed by atoms with E-state index in [1.165, 1.54) is 0 Å². The van der Waals surface area contributed by atoms with Crippen molar-refractivity contribution >= 4 is 11.6 Å². The Kier molecular flexibility index (Phi) is 5.26. The normalized spacial score (nSPS) is 10.2. The maximum absolute atomic E-state index is 12.3. The lowest BCUT2D eigenvalue weighted by atomic mass is 10.2. The molecule has 0 atom stereocenters. The summed E-state index contributed by atoms with van der Waals surface area (Å²) in [6.07, 6.45) is 6.04. The first-order valence-electron chi connectivity index (χ1n) is 7.08. The van der Waals surface area contributed by atoms with Gasteiger partial charge in [-0.2, -0.15) is 0 Å². The van der Waals surface area contributed by atoms with Crippen LogP contribution in [0.2, 0.25) is 0 Å². The van der Waals surface area contributed by atoms with Gasteiger partial charge in [0.05, 0.1) is 11.3 Å². The third kappa shape index (κ3) is 4.27. The molecular formula is C16H20N4O. The molecule has 2 aromatic rings. The van der Waals surface area contributed by atoms with Gasteiger partial charge < -0.3 is 10.6 Å². The number of rotatable bonds is 6. The number of nitrogens with zero attached hydrogens (tertiary/aromatic N) is 2. The van der Waals surface area contributed by atoms with E-state index in [9.17, 15) is 4.79 Å². The molecule has 2 aromatic heterocycles. The zero-order valence-electron chi connectivity index (χ0n) is 12.4. The maximum Gasteiger partial charge on any atom is 0.255 e. The van der Waals surface area contributed by atoms with Gasteiger partial charge in [-0.05, 0) is 37.1 Å². The molecule has 21 heavy (non-hydrogen) atoms. The molecule has 2 heterocycles. The topological polar surface area (TPSA) is 66.9 Å². The SMILES string of the molecule is CCCNc1cc(C)ncc1C(=O)NCc1ccncc1. The van der Waals surface area contributed by atoms with Crippen molar-refractivity contribution in [3.8, 4) is 0 Å². The fourth-order valence-corrected chi connectivity index (χ4v) is 1.92. The zero-order chi connectivity index (χ0) is 15.1. The van der Waals surface area contributed by atoms with Crippen molar-refractivity contribution in [2.75, 3.05) is 11.9 Å². The van der Waals surface area contributed by atoms with Crippen LogP contribution < -0.4 is 10.6 Å². The molecule has 1 amide bonds. The smallest absolute Gasteiger partial charge is 0.255 e. The Morgan fingerprint density at radius 1 is 1.29 bits per heavy atom. The number of hydrogen-bond acceptors (Lipinski definition) is 4. The van der Waals surface area contributed by atoms with Gasteiger partial charge in [0.1, 0.15) is 0 Å². The van der Waals surface area contributed by atoms with Crippen molar-refractivity contribution in [1.82, 2.24) is 15.3 Å². The van der Waals surface area contributed by atoms with Crippen LogP contribution in [0.1, 0.15) is 35.0 Å². The van der Waals surface area contributed by atoms with Crippen molar-refractivity contribution in [1.29, 1.82) is 0 Å². The highest BCUT2D eigenvalue weighted by atomic mass is 16.1. The van der Waals surface area contributed by atoms with Crippen LogP contribution in [0.25, 0.3) is 0 Å². The molecule has 5 heteroatoms. The molecule has 0 saturated carbocycles. The third-order valence-electron chi connectivity index (χ3n) is 3.05. The average molecular weight is 284 g/mol. The van der Waals surface area contributed by atoms with E-state index in [2.05, 4.69) is 27.5 Å². The van der Waals surface area contributed by atoms with Crippen LogP contribution in [0.5, 0.6) is 0 Å². The molecule has 0 bridgehead atoms. The molecule has 5 nitrogen and oxygen atoms in total. The first kappa shape index (κ1) is 15.0. The van der Waals surface area contributed by atoms with Gasteiger partial charge >= 0.3 is 0 Å². The van der Waals surface area contributed by atoms with Crippen LogP contribution in [0.15, 0.2) is 36.8 Å². The third-order valence-corrected chi connectivity index (χ3v) is 3.05. The number of carbonyl (C=O) groups is 1. The summed E-state index contributed by atoms with van der Waals surface area (Å²) in [4.78, 5) is 20.5. The largest absolute Gasteiger partial charge is 0.384 e. The van der Waals surface area contributed by atoms with E-state index < -0.39 is 0 Å². The van der Waals surface area contributed by atoms with Crippen molar-refractivity contribution in [2.24, 2.45) is 0 Å². The van der Waals surface area contributed by atoms with Crippen LogP contribution in [0, 0.1) is 6.92 Å². The van der Waals surface area contributed by atoms with Crippen LogP contribution in [0.4, 0.5) is 5.69 Å². The van der Waals surface area contributed by atoms with E-state index in [1.807, 2.05) is 25.1 Å². The van der Waals surface area contributed by atoms with Crippen LogP contribution in [-0.2, 0) is 6.54 Å². The van der Waals surface area contributed by atoms with Gasteiger partial charge in [-0.25, -0.2) is 0 Å². The van der Waals surface area contributed by atoms with E-state index in [0.29, 0.717) is 12.1 Å². The summed E-state index contributed by atoms with van der Waals surface area (Å²) < 4.78 is 0. The quantitative estimate of drug-likeness (QED) is 0.855. The molecular weight excluding hydrogens is 264 g/mol. The summed E-state index contributed by atoms with van der Waals surface area (Å²) in [7, 11) is 0. The molecule has 0 aliphatic carbocycles. The summed E-state index contributed by atoms with van der Waals surface area (Å²) in [5.74, 6) is -0.127. The summed E-state index contributed by atoms with van der Waals surface area (Å²) in [5.41, 5.74) is 3.31. The minimum absolute atomic E-state index is 0.127. The average Bonchev–Trinajstić information content (AvgIpc) is 2.51. The van der Waals surface area contributed by atoms with Crippen molar-refractivity contribution in [2.45, 2.75) is 26.8 Å². The van der Waals surface area contributed by atoms with Crippen molar-refractivity contribution < 1.29 is 4.79 Å². The van der Waals surface area contributed by atoms with Crippen LogP contribution in [-0.4, -0.2) is 22.4 Å². The number of amides is 1. The second kappa shape index (κ2) is 7.38. The van der Waals surface area contributed by atoms with E-state index in [1.54, 1.807) is 18.6 Å². The molecule has 2 rings (SSSR count). The van der Waals surface area contributed by atoms with Gasteiger partial charge in [0.2, 0.25) is 0 Å². The molecule has 2 N–H and O–H groups in total. The minimum atomic E-state index is -0.127. The minimum Gasteiger partial charge on any atom is -0.384 e. The number of carbonyl (C=O) groups excluding carboxylic acids is 1. The van der Waals surface area contributed by atoms with Gasteiger partial charge in [0, 0.05) is 37.4 Å². The van der Waals surface area contributed by atoms with Gasteiger partial charge in [0.15, 0.2) is 0 Å². The van der Waals surface area contributed by atoms with Crippen LogP contribution >= 0.6 is 0 Å². The standard InChI is InChI=1S/C16H20N4O/c1-3-6-18-15-9-12(2)19-11-14(15)16(21)20-10-13-4-7-17-8-5-13/h4-5,7-9,11H,3,6,10H2,1-2H3,(H,18,19)(H,20,21). The molecule has 0 saturated heterocycles. The van der Waals surface area contributed by atoms with Gasteiger partial charge in [-0.15, -0.1) is 0 Å². The highest BCUT2D eigenvalue weighted by Gasteiger charge is 2.12. The Morgan fingerprint density at radius 2 is 2.05 bits per heavy atom. The maximum atomic E-state index is 12.3. The van der Waals surface area contributed by atoms with Gasteiger partial charge in [-0.1, -0.05) is 6.92 Å². The number of aryl methyl sites for hydroxylation is 1. The zero-order valence-corrected chi connectivity index (χ0v) is 12.4. The Morgan fingerprint density at radius 3 is 2.76 bits per heavy atom. The predicted octanol–water partition coefficient (Wildman–Crippen LogP) is 2.54. The van der Waals surface area contributed by atoms with E-state index in [0.717, 1.165) is 29.9 Å². The summed E-state index contributed by atoms with van der Waals surface area (Å²) in [6.45, 7) is 5.30. The fraction of sp³-hybridized carbons (Fsp3) is 0.312. The fourth-order valence-electron chi connectivity index (χ4n) is 1.92. The molecule has 0 spiro atoms. The lowest BCUT2D eigenvalue weighted by Gasteiger charge is -2.12. The van der Waals surface area contributed by atoms with Gasteiger partial charge in [-0.3, -0.25) is 14.8 Å². The number of anilines is 1. The first-order chi connectivity index (χ1) is 10.2. The summed E-state index contributed by atoms with van der Waals surface area (Å²) in [6, 6.07) is 5.66. The second-order valence-corrected chi connectivity index (χ2v) is 4.84. The van der Waals surface area contributed by atoms with Crippen LogP contribution in [0.3, 0.4) is 0 Å². The molecule has 0 radical (unpaired) electrons. The highest BCUT2D eigenvalue weighted by Crippen LogP contribution is 2.16. The summed E-state index contributed by atoms with van der Waals surface area (Å²) >= 11 is 0. The molecule has 0 fully saturated rings. The van der Waals surface area contributed by atoms with E-state index in [4.69, 9.17) is 0 Å². The predicted molar refractivity (Wildman–Crippen MR) is 83.2 cm³/mol. The van der Waals surface area contributed by atoms with E-state index in [-0.39, 0.29) is 5.91 Å². The number of hydrogen-bond donors (Lipinski definition) is 2. The number of aromatic nitrogens is 2. The molecule has 0 aromatic carbocycles. The van der Waals surface area contributed by atoms with Crippen molar-refractivity contribution in [3.63, 3.8) is 0 Å². The first-order valence-corrected chi connectivity index (χ1v) is 7.08. The van der Waals surface area contributed by atoms with Gasteiger partial charge in [0.25, 0.3) is 5.91 Å². The number of nitrogens with one attached hydrogen (secondary N) is 2. The molecule has 110 valence electrons. The Hall–Kier alpha value is -2.43. The second-order valence-electron chi connectivity index (χ2n) is 4.84. The Labute approximate surface area is 124 Å².